The molecule has 0 fully saturated rings. The van der Waals surface area contributed by atoms with E-state index in [1.807, 2.05) is 20.2 Å². The van der Waals surface area contributed by atoms with Gasteiger partial charge in [-0.3, -0.25) is 9.48 Å². The summed E-state index contributed by atoms with van der Waals surface area (Å²) in [6, 6.07) is 4.96. The number of nitrogens with one attached hydrogen (secondary N) is 1. The molecule has 1 unspecified atom stereocenters. The van der Waals surface area contributed by atoms with Crippen molar-refractivity contribution in [3.63, 3.8) is 0 Å². The van der Waals surface area contributed by atoms with Crippen LogP contribution in [0, 0.1) is 0 Å². The molecule has 0 spiro atoms. The number of hydrogen-bond donors (Lipinski definition) is 1. The van der Waals surface area contributed by atoms with Crippen LogP contribution in [0.2, 0.25) is 0 Å². The van der Waals surface area contributed by atoms with Gasteiger partial charge in [0.1, 0.15) is 11.5 Å². The molecule has 1 aromatic heterocycles. The molecule has 1 amide bonds. The van der Waals surface area contributed by atoms with Gasteiger partial charge >= 0.3 is 0 Å². The van der Waals surface area contributed by atoms with Gasteiger partial charge in [0.05, 0.1) is 32.0 Å². The Balaban J connectivity index is 2.16. The van der Waals surface area contributed by atoms with Crippen molar-refractivity contribution in [2.75, 3.05) is 14.2 Å². The average molecular weight is 289 g/mol. The smallest absolute Gasteiger partial charge is 0.255 e. The summed E-state index contributed by atoms with van der Waals surface area (Å²) in [5.41, 5.74) is 1.41. The van der Waals surface area contributed by atoms with E-state index in [4.69, 9.17) is 9.47 Å². The number of ether oxygens (including phenoxy) is 2. The maximum absolute atomic E-state index is 12.4. The van der Waals surface area contributed by atoms with E-state index in [2.05, 4.69) is 10.4 Å². The lowest BCUT2D eigenvalue weighted by molar-refractivity contribution is 0.0937. The van der Waals surface area contributed by atoms with E-state index in [0.29, 0.717) is 17.1 Å². The Hall–Kier alpha value is -2.50. The molecule has 1 atom stereocenters. The van der Waals surface area contributed by atoms with Crippen molar-refractivity contribution in [3.05, 3.63) is 41.7 Å². The average Bonchev–Trinajstić information content (AvgIpc) is 2.93. The third-order valence-electron chi connectivity index (χ3n) is 3.23. The highest BCUT2D eigenvalue weighted by molar-refractivity contribution is 5.97. The maximum atomic E-state index is 12.4. The molecular formula is C15H19N3O3. The van der Waals surface area contributed by atoms with Crippen molar-refractivity contribution in [1.82, 2.24) is 15.1 Å². The molecule has 0 saturated heterocycles. The molecule has 6 nitrogen and oxygen atoms in total. The van der Waals surface area contributed by atoms with Crippen LogP contribution in [0.25, 0.3) is 0 Å². The van der Waals surface area contributed by atoms with Gasteiger partial charge in [0, 0.05) is 24.9 Å². The number of carbonyl (C=O) groups is 1. The second-order valence-electron chi connectivity index (χ2n) is 4.71. The third kappa shape index (κ3) is 3.34. The van der Waals surface area contributed by atoms with Crippen molar-refractivity contribution < 1.29 is 14.3 Å². The number of rotatable bonds is 5. The largest absolute Gasteiger partial charge is 0.497 e. The van der Waals surface area contributed by atoms with Crippen LogP contribution in [0.15, 0.2) is 30.6 Å². The lowest BCUT2D eigenvalue weighted by Gasteiger charge is -2.14. The van der Waals surface area contributed by atoms with Crippen LogP contribution >= 0.6 is 0 Å². The van der Waals surface area contributed by atoms with Gasteiger partial charge in [-0.25, -0.2) is 0 Å². The van der Waals surface area contributed by atoms with Gasteiger partial charge in [0.15, 0.2) is 0 Å². The molecule has 0 aliphatic carbocycles. The van der Waals surface area contributed by atoms with Crippen LogP contribution < -0.4 is 14.8 Å². The first-order chi connectivity index (χ1) is 10.0. The number of hydrogen-bond acceptors (Lipinski definition) is 4. The minimum atomic E-state index is -0.203. The van der Waals surface area contributed by atoms with E-state index >= 15 is 0 Å². The van der Waals surface area contributed by atoms with Gasteiger partial charge in [-0.2, -0.15) is 5.10 Å². The molecule has 1 aromatic carbocycles. The van der Waals surface area contributed by atoms with Crippen molar-refractivity contribution in [1.29, 1.82) is 0 Å². The van der Waals surface area contributed by atoms with Crippen molar-refractivity contribution in [2.24, 2.45) is 7.05 Å². The zero-order valence-electron chi connectivity index (χ0n) is 12.6. The summed E-state index contributed by atoms with van der Waals surface area (Å²) in [5, 5.41) is 7.02. The fraction of sp³-hybridized carbons (Fsp3) is 0.333. The molecule has 21 heavy (non-hydrogen) atoms. The Morgan fingerprint density at radius 1 is 1.33 bits per heavy atom. The molecule has 0 saturated carbocycles. The molecule has 6 heteroatoms. The maximum Gasteiger partial charge on any atom is 0.255 e. The predicted octanol–water partition coefficient (Wildman–Crippen LogP) is 1.93. The fourth-order valence-electron chi connectivity index (χ4n) is 2.01. The number of nitrogens with zero attached hydrogens (tertiary/aromatic N) is 2. The van der Waals surface area contributed by atoms with E-state index in [1.165, 1.54) is 7.11 Å². The quantitative estimate of drug-likeness (QED) is 0.913. The van der Waals surface area contributed by atoms with Gasteiger partial charge in [-0.15, -0.1) is 0 Å². The Morgan fingerprint density at radius 3 is 2.67 bits per heavy atom. The first-order valence-corrected chi connectivity index (χ1v) is 6.56. The van der Waals surface area contributed by atoms with Crippen LogP contribution in [0.4, 0.5) is 0 Å². The monoisotopic (exact) mass is 289 g/mol. The Bertz CT molecular complexity index is 637. The summed E-state index contributed by atoms with van der Waals surface area (Å²) in [7, 11) is 4.93. The first-order valence-electron chi connectivity index (χ1n) is 6.56. The van der Waals surface area contributed by atoms with E-state index in [0.717, 1.165) is 5.56 Å². The Kier molecular flexibility index (Phi) is 4.47. The van der Waals surface area contributed by atoms with Gasteiger partial charge in [-0.1, -0.05) is 0 Å². The van der Waals surface area contributed by atoms with Crippen LogP contribution in [-0.4, -0.2) is 29.9 Å². The SMILES string of the molecule is COc1ccc(C(=O)NC(C)c2cnn(C)c2)c(OC)c1. The Labute approximate surface area is 123 Å². The first kappa shape index (κ1) is 14.9. The molecule has 2 aromatic rings. The number of aromatic nitrogens is 2. The summed E-state index contributed by atoms with van der Waals surface area (Å²) in [4.78, 5) is 12.4. The van der Waals surface area contributed by atoms with Gasteiger partial charge in [0.2, 0.25) is 0 Å². The molecule has 1 heterocycles. The summed E-state index contributed by atoms with van der Waals surface area (Å²) < 4.78 is 12.1. The molecule has 0 radical (unpaired) electrons. The van der Waals surface area contributed by atoms with Crippen LogP contribution in [0.5, 0.6) is 11.5 Å². The second kappa shape index (κ2) is 6.30. The number of benzene rings is 1. The molecule has 112 valence electrons. The van der Waals surface area contributed by atoms with Gasteiger partial charge in [0.25, 0.3) is 5.91 Å². The molecule has 1 N–H and O–H groups in total. The summed E-state index contributed by atoms with van der Waals surface area (Å²) in [6.07, 6.45) is 3.60. The lowest BCUT2D eigenvalue weighted by atomic mass is 10.1. The van der Waals surface area contributed by atoms with E-state index in [1.54, 1.807) is 36.2 Å². The van der Waals surface area contributed by atoms with E-state index in [9.17, 15) is 4.79 Å². The minimum absolute atomic E-state index is 0.141. The summed E-state index contributed by atoms with van der Waals surface area (Å²) in [6.45, 7) is 1.91. The highest BCUT2D eigenvalue weighted by Gasteiger charge is 2.17. The van der Waals surface area contributed by atoms with Crippen molar-refractivity contribution >= 4 is 5.91 Å². The van der Waals surface area contributed by atoms with Gasteiger partial charge in [-0.05, 0) is 19.1 Å². The minimum Gasteiger partial charge on any atom is -0.497 e. The number of amides is 1. The normalized spacial score (nSPS) is 11.8. The molecule has 0 aliphatic rings. The van der Waals surface area contributed by atoms with E-state index in [-0.39, 0.29) is 11.9 Å². The van der Waals surface area contributed by atoms with Gasteiger partial charge < -0.3 is 14.8 Å². The number of carbonyl (C=O) groups excluding carboxylic acids is 1. The highest BCUT2D eigenvalue weighted by Crippen LogP contribution is 2.25. The number of methoxy groups -OCH3 is 2. The summed E-state index contributed by atoms with van der Waals surface area (Å²) >= 11 is 0. The van der Waals surface area contributed by atoms with E-state index < -0.39 is 0 Å². The Morgan fingerprint density at radius 2 is 2.10 bits per heavy atom. The van der Waals surface area contributed by atoms with Crippen molar-refractivity contribution in [3.8, 4) is 11.5 Å². The molecular weight excluding hydrogens is 270 g/mol. The van der Waals surface area contributed by atoms with Crippen LogP contribution in [-0.2, 0) is 7.05 Å². The standard InChI is InChI=1S/C15H19N3O3/c1-10(11-8-16-18(2)9-11)17-15(19)13-6-5-12(20-3)7-14(13)21-4/h5-10H,1-4H3,(H,17,19). The summed E-state index contributed by atoms with van der Waals surface area (Å²) in [5.74, 6) is 0.916. The number of aryl methyl sites for hydroxylation is 1. The fourth-order valence-corrected chi connectivity index (χ4v) is 2.01. The van der Waals surface area contributed by atoms with Crippen LogP contribution in [0.1, 0.15) is 28.9 Å². The molecule has 0 bridgehead atoms. The molecule has 2 rings (SSSR count). The topological polar surface area (TPSA) is 65.4 Å². The highest BCUT2D eigenvalue weighted by atomic mass is 16.5. The molecule has 0 aliphatic heterocycles. The lowest BCUT2D eigenvalue weighted by Crippen LogP contribution is -2.26. The zero-order valence-corrected chi connectivity index (χ0v) is 12.6. The zero-order chi connectivity index (χ0) is 15.4. The predicted molar refractivity (Wildman–Crippen MR) is 78.6 cm³/mol. The third-order valence-corrected chi connectivity index (χ3v) is 3.23. The second-order valence-corrected chi connectivity index (χ2v) is 4.71. The van der Waals surface area contributed by atoms with Crippen LogP contribution in [0.3, 0.4) is 0 Å². The van der Waals surface area contributed by atoms with Crippen molar-refractivity contribution in [2.45, 2.75) is 13.0 Å².